The Labute approximate surface area is 169 Å². The number of amides is 1. The monoisotopic (exact) mass is 430 g/mol. The van der Waals surface area contributed by atoms with Gasteiger partial charge in [-0.25, -0.2) is 0 Å². The number of benzene rings is 1. The van der Waals surface area contributed by atoms with Gasteiger partial charge in [0.1, 0.15) is 0 Å². The SMILES string of the molecule is CC1CCCCN1C(=O)CSc1nnc(Nc2ccc(SC(F)F)cc2)s1. The third-order valence-electron chi connectivity index (χ3n) is 4.18. The maximum absolute atomic E-state index is 12.4. The van der Waals surface area contributed by atoms with Gasteiger partial charge in [-0.1, -0.05) is 34.9 Å². The summed E-state index contributed by atoms with van der Waals surface area (Å²) in [6, 6.07) is 7.02. The molecule has 5 nitrogen and oxygen atoms in total. The first-order chi connectivity index (χ1) is 13.0. The van der Waals surface area contributed by atoms with Gasteiger partial charge in [-0.05, 0) is 50.5 Å². The van der Waals surface area contributed by atoms with Crippen LogP contribution < -0.4 is 5.32 Å². The third kappa shape index (κ3) is 6.05. The average Bonchev–Trinajstić information content (AvgIpc) is 3.09. The molecule has 10 heteroatoms. The Morgan fingerprint density at radius 2 is 2.11 bits per heavy atom. The molecule has 1 unspecified atom stereocenters. The Bertz CT molecular complexity index is 757. The van der Waals surface area contributed by atoms with Crippen LogP contribution in [-0.2, 0) is 4.79 Å². The fourth-order valence-electron chi connectivity index (χ4n) is 2.84. The highest BCUT2D eigenvalue weighted by molar-refractivity contribution is 8.01. The fraction of sp³-hybridized carbons (Fsp3) is 0.471. The topological polar surface area (TPSA) is 58.1 Å². The number of alkyl halides is 2. The number of carbonyl (C=O) groups is 1. The fourth-order valence-corrected chi connectivity index (χ4v) is 4.99. The summed E-state index contributed by atoms with van der Waals surface area (Å²) in [7, 11) is 0. The van der Waals surface area contributed by atoms with Crippen LogP contribution >= 0.6 is 34.9 Å². The van der Waals surface area contributed by atoms with Gasteiger partial charge in [-0.2, -0.15) is 8.78 Å². The molecule has 1 aromatic heterocycles. The first-order valence-corrected chi connectivity index (χ1v) is 11.3. The van der Waals surface area contributed by atoms with E-state index in [4.69, 9.17) is 0 Å². The Morgan fingerprint density at radius 3 is 2.81 bits per heavy atom. The molecule has 1 fully saturated rings. The van der Waals surface area contributed by atoms with Gasteiger partial charge in [-0.3, -0.25) is 4.79 Å². The molecule has 0 bridgehead atoms. The molecule has 1 N–H and O–H groups in total. The zero-order valence-electron chi connectivity index (χ0n) is 14.7. The van der Waals surface area contributed by atoms with Gasteiger partial charge in [0.2, 0.25) is 11.0 Å². The molecular formula is C17H20F2N4OS3. The van der Waals surface area contributed by atoms with Crippen LogP contribution in [0.15, 0.2) is 33.5 Å². The lowest BCUT2D eigenvalue weighted by Crippen LogP contribution is -2.42. The summed E-state index contributed by atoms with van der Waals surface area (Å²) in [5, 5.41) is 11.9. The number of aromatic nitrogens is 2. The molecule has 0 spiro atoms. The maximum atomic E-state index is 12.4. The lowest BCUT2D eigenvalue weighted by molar-refractivity contribution is -0.131. The second kappa shape index (κ2) is 9.70. The number of piperidine rings is 1. The second-order valence-corrected chi connectivity index (χ2v) is 9.39. The Hall–Kier alpha value is -1.39. The molecule has 1 atom stereocenters. The number of thioether (sulfide) groups is 2. The quantitative estimate of drug-likeness (QED) is 0.618. The van der Waals surface area contributed by atoms with Crippen molar-refractivity contribution >= 4 is 51.6 Å². The number of halogens is 2. The average molecular weight is 431 g/mol. The van der Waals surface area contributed by atoms with Gasteiger partial charge >= 0.3 is 0 Å². The van der Waals surface area contributed by atoms with Crippen molar-refractivity contribution < 1.29 is 13.6 Å². The zero-order chi connectivity index (χ0) is 19.2. The summed E-state index contributed by atoms with van der Waals surface area (Å²) in [6.45, 7) is 2.93. The van der Waals surface area contributed by atoms with Crippen LogP contribution in [0.25, 0.3) is 0 Å². The van der Waals surface area contributed by atoms with Gasteiger partial charge in [0.15, 0.2) is 4.34 Å². The van der Waals surface area contributed by atoms with E-state index in [1.165, 1.54) is 29.5 Å². The smallest absolute Gasteiger partial charge is 0.288 e. The van der Waals surface area contributed by atoms with Crippen molar-refractivity contribution in [3.8, 4) is 0 Å². The third-order valence-corrected chi connectivity index (χ3v) is 6.86. The van der Waals surface area contributed by atoms with Crippen LogP contribution in [0, 0.1) is 0 Å². The van der Waals surface area contributed by atoms with Crippen molar-refractivity contribution in [2.45, 2.75) is 47.2 Å². The second-order valence-electron chi connectivity index (χ2n) is 6.12. The van der Waals surface area contributed by atoms with Crippen molar-refractivity contribution in [3.05, 3.63) is 24.3 Å². The molecule has 1 aliphatic heterocycles. The van der Waals surface area contributed by atoms with Crippen molar-refractivity contribution in [3.63, 3.8) is 0 Å². The van der Waals surface area contributed by atoms with Gasteiger partial charge in [-0.15, -0.1) is 10.2 Å². The first kappa shape index (κ1) is 20.3. The molecule has 27 heavy (non-hydrogen) atoms. The zero-order valence-corrected chi connectivity index (χ0v) is 17.2. The van der Waals surface area contributed by atoms with Crippen LogP contribution in [0.2, 0.25) is 0 Å². The van der Waals surface area contributed by atoms with Crippen molar-refractivity contribution in [2.24, 2.45) is 0 Å². The predicted octanol–water partition coefficient (Wildman–Crippen LogP) is 5.09. The van der Waals surface area contributed by atoms with Gasteiger partial charge in [0, 0.05) is 23.2 Å². The molecule has 2 heterocycles. The highest BCUT2D eigenvalue weighted by Crippen LogP contribution is 2.30. The minimum absolute atomic E-state index is 0.143. The number of hydrogen-bond acceptors (Lipinski definition) is 7. The molecule has 1 aliphatic rings. The lowest BCUT2D eigenvalue weighted by Gasteiger charge is -2.33. The van der Waals surface area contributed by atoms with Crippen LogP contribution in [0.4, 0.5) is 19.6 Å². The van der Waals surface area contributed by atoms with E-state index in [-0.39, 0.29) is 5.91 Å². The summed E-state index contributed by atoms with van der Waals surface area (Å²) in [5.41, 5.74) is 0.750. The number of hydrogen-bond donors (Lipinski definition) is 1. The molecule has 2 aromatic rings. The number of rotatable bonds is 7. The van der Waals surface area contributed by atoms with Crippen molar-refractivity contribution in [2.75, 3.05) is 17.6 Å². The Morgan fingerprint density at radius 1 is 1.33 bits per heavy atom. The van der Waals surface area contributed by atoms with E-state index in [1.54, 1.807) is 24.3 Å². The summed E-state index contributed by atoms with van der Waals surface area (Å²) < 4.78 is 25.4. The maximum Gasteiger partial charge on any atom is 0.288 e. The predicted molar refractivity (Wildman–Crippen MR) is 107 cm³/mol. The lowest BCUT2D eigenvalue weighted by atomic mass is 10.0. The first-order valence-electron chi connectivity index (χ1n) is 8.59. The molecule has 0 aliphatic carbocycles. The number of nitrogens with one attached hydrogen (secondary N) is 1. The number of likely N-dealkylation sites (tertiary alicyclic amines) is 1. The van der Waals surface area contributed by atoms with E-state index in [1.807, 2.05) is 4.90 Å². The van der Waals surface area contributed by atoms with Crippen LogP contribution in [0.3, 0.4) is 0 Å². The minimum Gasteiger partial charge on any atom is -0.339 e. The largest absolute Gasteiger partial charge is 0.339 e. The van der Waals surface area contributed by atoms with Crippen LogP contribution in [0.1, 0.15) is 26.2 Å². The van der Waals surface area contributed by atoms with Crippen molar-refractivity contribution in [1.82, 2.24) is 15.1 Å². The van der Waals surface area contributed by atoms with Gasteiger partial charge < -0.3 is 10.2 Å². The molecule has 3 rings (SSSR count). The van der Waals surface area contributed by atoms with Crippen LogP contribution in [-0.4, -0.2) is 45.1 Å². The number of anilines is 2. The van der Waals surface area contributed by atoms with Gasteiger partial charge in [0.25, 0.3) is 5.76 Å². The Kier molecular flexibility index (Phi) is 7.31. The van der Waals surface area contributed by atoms with E-state index in [0.717, 1.165) is 29.4 Å². The normalized spacial score (nSPS) is 17.3. The summed E-state index contributed by atoms with van der Waals surface area (Å²) >= 11 is 3.27. The Balaban J connectivity index is 1.50. The van der Waals surface area contributed by atoms with Crippen LogP contribution in [0.5, 0.6) is 0 Å². The standard InChI is InChI=1S/C17H20F2N4OS3/c1-11-4-2-3-9-23(11)14(24)10-25-17-22-21-16(27-17)20-12-5-7-13(8-6-12)26-15(18)19/h5-8,11,15H,2-4,9-10H2,1H3,(H,20,21). The van der Waals surface area contributed by atoms with E-state index in [0.29, 0.717) is 33.6 Å². The number of nitrogens with zero attached hydrogens (tertiary/aromatic N) is 3. The van der Waals surface area contributed by atoms with E-state index < -0.39 is 5.76 Å². The molecule has 1 aromatic carbocycles. The summed E-state index contributed by atoms with van der Waals surface area (Å²) in [5.74, 6) is -1.93. The highest BCUT2D eigenvalue weighted by Gasteiger charge is 2.23. The summed E-state index contributed by atoms with van der Waals surface area (Å²) in [6.07, 6.45) is 3.32. The van der Waals surface area contributed by atoms with E-state index in [2.05, 4.69) is 22.4 Å². The molecule has 146 valence electrons. The summed E-state index contributed by atoms with van der Waals surface area (Å²) in [4.78, 5) is 14.8. The molecular weight excluding hydrogens is 410 g/mol. The number of carbonyl (C=O) groups excluding carboxylic acids is 1. The highest BCUT2D eigenvalue weighted by atomic mass is 32.2. The molecule has 0 radical (unpaired) electrons. The molecule has 0 saturated carbocycles. The van der Waals surface area contributed by atoms with Crippen molar-refractivity contribution in [1.29, 1.82) is 0 Å². The van der Waals surface area contributed by atoms with E-state index >= 15 is 0 Å². The van der Waals surface area contributed by atoms with Gasteiger partial charge in [0.05, 0.1) is 5.75 Å². The molecule has 1 saturated heterocycles. The minimum atomic E-state index is -2.43. The van der Waals surface area contributed by atoms with E-state index in [9.17, 15) is 13.6 Å². The molecule has 1 amide bonds.